The highest BCUT2D eigenvalue weighted by Crippen LogP contribution is 2.21. The van der Waals surface area contributed by atoms with Crippen LogP contribution in [0.5, 0.6) is 0 Å². The minimum absolute atomic E-state index is 0.0817. The standard InChI is InChI=1S/C26H25N3OS/c1-18-13-14-19(2)24-23(18)15-21(25(30)28-24)17-29(16-20-9-5-3-6-10-20)26(31)27-22-11-7-4-8-12-22/h3-15H,16-17H2,1-2H3,(H,27,31)(H,28,30). The van der Waals surface area contributed by atoms with Gasteiger partial charge in [-0.25, -0.2) is 0 Å². The number of aryl methyl sites for hydroxylation is 2. The van der Waals surface area contributed by atoms with Crippen LogP contribution >= 0.6 is 12.2 Å². The first-order valence-electron chi connectivity index (χ1n) is 10.3. The van der Waals surface area contributed by atoms with E-state index in [4.69, 9.17) is 12.2 Å². The van der Waals surface area contributed by atoms with Crippen LogP contribution in [0.15, 0.2) is 83.7 Å². The lowest BCUT2D eigenvalue weighted by molar-refractivity contribution is 0.411. The fourth-order valence-electron chi connectivity index (χ4n) is 3.67. The first kappa shape index (κ1) is 20.8. The number of para-hydroxylation sites is 1. The Kier molecular flexibility index (Phi) is 6.14. The van der Waals surface area contributed by atoms with Crippen LogP contribution in [0.4, 0.5) is 5.69 Å². The molecule has 4 nitrogen and oxygen atoms in total. The molecule has 3 aromatic carbocycles. The highest BCUT2D eigenvalue weighted by Gasteiger charge is 2.15. The molecule has 0 amide bonds. The number of nitrogens with zero attached hydrogens (tertiary/aromatic N) is 1. The van der Waals surface area contributed by atoms with E-state index in [9.17, 15) is 4.79 Å². The lowest BCUT2D eigenvalue weighted by Crippen LogP contribution is -2.35. The van der Waals surface area contributed by atoms with Gasteiger partial charge in [-0.1, -0.05) is 60.7 Å². The summed E-state index contributed by atoms with van der Waals surface area (Å²) in [5, 5.41) is 4.95. The van der Waals surface area contributed by atoms with Crippen molar-refractivity contribution in [2.75, 3.05) is 5.32 Å². The molecule has 4 aromatic rings. The third-order valence-corrected chi connectivity index (χ3v) is 5.77. The molecule has 1 aromatic heterocycles. The molecular formula is C26H25N3OS. The molecule has 0 aliphatic heterocycles. The molecule has 0 fully saturated rings. The van der Waals surface area contributed by atoms with Crippen molar-refractivity contribution in [2.24, 2.45) is 0 Å². The summed E-state index contributed by atoms with van der Waals surface area (Å²) in [6, 6.07) is 26.1. The highest BCUT2D eigenvalue weighted by molar-refractivity contribution is 7.80. The minimum Gasteiger partial charge on any atom is -0.340 e. The van der Waals surface area contributed by atoms with Gasteiger partial charge < -0.3 is 15.2 Å². The molecule has 156 valence electrons. The van der Waals surface area contributed by atoms with E-state index in [1.54, 1.807) is 0 Å². The number of rotatable bonds is 5. The smallest absolute Gasteiger partial charge is 0.253 e. The number of nitrogens with one attached hydrogen (secondary N) is 2. The first-order valence-corrected chi connectivity index (χ1v) is 10.7. The molecule has 0 saturated heterocycles. The number of H-pyrrole nitrogens is 1. The highest BCUT2D eigenvalue weighted by atomic mass is 32.1. The molecule has 0 aliphatic carbocycles. The number of fused-ring (bicyclic) bond motifs is 1. The van der Waals surface area contributed by atoms with Gasteiger partial charge in [0.15, 0.2) is 5.11 Å². The molecule has 0 saturated carbocycles. The summed E-state index contributed by atoms with van der Waals surface area (Å²) < 4.78 is 0. The van der Waals surface area contributed by atoms with Crippen LogP contribution in [-0.2, 0) is 13.1 Å². The van der Waals surface area contributed by atoms with E-state index in [0.29, 0.717) is 23.8 Å². The predicted molar refractivity (Wildman–Crippen MR) is 132 cm³/mol. The Labute approximate surface area is 187 Å². The van der Waals surface area contributed by atoms with Gasteiger partial charge in [0, 0.05) is 23.2 Å². The van der Waals surface area contributed by atoms with Gasteiger partial charge in [-0.15, -0.1) is 0 Å². The Hall–Kier alpha value is -3.44. The van der Waals surface area contributed by atoms with Crippen LogP contribution in [0.3, 0.4) is 0 Å². The van der Waals surface area contributed by atoms with Gasteiger partial charge in [-0.05, 0) is 61.0 Å². The SMILES string of the molecule is Cc1ccc(C)c2[nH]c(=O)c(CN(Cc3ccccc3)C(=S)Nc3ccccc3)cc12. The lowest BCUT2D eigenvalue weighted by Gasteiger charge is -2.26. The van der Waals surface area contributed by atoms with E-state index in [1.165, 1.54) is 0 Å². The Morgan fingerprint density at radius 3 is 2.26 bits per heavy atom. The van der Waals surface area contributed by atoms with E-state index >= 15 is 0 Å². The van der Waals surface area contributed by atoms with Crippen LogP contribution in [0.1, 0.15) is 22.3 Å². The fraction of sp³-hybridized carbons (Fsp3) is 0.154. The third kappa shape index (κ3) is 4.84. The van der Waals surface area contributed by atoms with Crippen molar-refractivity contribution in [3.8, 4) is 0 Å². The zero-order valence-corrected chi connectivity index (χ0v) is 18.5. The Morgan fingerprint density at radius 1 is 0.903 bits per heavy atom. The van der Waals surface area contributed by atoms with E-state index in [1.807, 2.05) is 72.5 Å². The predicted octanol–water partition coefficient (Wildman–Crippen LogP) is 5.54. The average molecular weight is 428 g/mol. The molecule has 31 heavy (non-hydrogen) atoms. The quantitative estimate of drug-likeness (QED) is 0.410. The fourth-order valence-corrected chi connectivity index (χ4v) is 3.92. The maximum Gasteiger partial charge on any atom is 0.253 e. The second-order valence-electron chi connectivity index (χ2n) is 7.75. The van der Waals surface area contributed by atoms with Gasteiger partial charge in [0.1, 0.15) is 0 Å². The van der Waals surface area contributed by atoms with Crippen molar-refractivity contribution >= 4 is 33.9 Å². The third-order valence-electron chi connectivity index (χ3n) is 5.41. The zero-order chi connectivity index (χ0) is 21.8. The van der Waals surface area contributed by atoms with Crippen LogP contribution in [0, 0.1) is 13.8 Å². The van der Waals surface area contributed by atoms with Gasteiger partial charge in [0.05, 0.1) is 12.1 Å². The van der Waals surface area contributed by atoms with Gasteiger partial charge in [0.25, 0.3) is 5.56 Å². The second-order valence-corrected chi connectivity index (χ2v) is 8.14. The molecule has 0 radical (unpaired) electrons. The summed E-state index contributed by atoms with van der Waals surface area (Å²) in [6.07, 6.45) is 0. The molecule has 5 heteroatoms. The van der Waals surface area contributed by atoms with Crippen molar-refractivity contribution in [1.29, 1.82) is 0 Å². The molecule has 0 spiro atoms. The molecule has 0 aliphatic rings. The van der Waals surface area contributed by atoms with Crippen molar-refractivity contribution in [2.45, 2.75) is 26.9 Å². The van der Waals surface area contributed by atoms with Crippen molar-refractivity contribution in [1.82, 2.24) is 9.88 Å². The normalized spacial score (nSPS) is 10.8. The molecule has 0 atom stereocenters. The molecule has 0 bridgehead atoms. The van der Waals surface area contributed by atoms with Gasteiger partial charge in [-0.3, -0.25) is 4.79 Å². The monoisotopic (exact) mass is 427 g/mol. The topological polar surface area (TPSA) is 48.1 Å². The summed E-state index contributed by atoms with van der Waals surface area (Å²) in [6.45, 7) is 5.08. The molecule has 4 rings (SSSR count). The summed E-state index contributed by atoms with van der Waals surface area (Å²) in [7, 11) is 0. The molecule has 0 unspecified atom stereocenters. The molecular weight excluding hydrogens is 402 g/mol. The first-order chi connectivity index (χ1) is 15.0. The molecule has 2 N–H and O–H groups in total. The van der Waals surface area contributed by atoms with E-state index in [-0.39, 0.29) is 5.56 Å². The zero-order valence-electron chi connectivity index (χ0n) is 17.7. The van der Waals surface area contributed by atoms with Gasteiger partial charge >= 0.3 is 0 Å². The largest absolute Gasteiger partial charge is 0.340 e. The number of hydrogen-bond donors (Lipinski definition) is 2. The second kappa shape index (κ2) is 9.14. The summed E-state index contributed by atoms with van der Waals surface area (Å²) in [4.78, 5) is 18.0. The van der Waals surface area contributed by atoms with Gasteiger partial charge in [-0.2, -0.15) is 0 Å². The van der Waals surface area contributed by atoms with Crippen molar-refractivity contribution in [3.05, 3.63) is 111 Å². The number of hydrogen-bond acceptors (Lipinski definition) is 2. The number of aromatic nitrogens is 1. The number of thiocarbonyl (C=S) groups is 1. The van der Waals surface area contributed by atoms with Crippen LogP contribution < -0.4 is 10.9 Å². The van der Waals surface area contributed by atoms with E-state index in [2.05, 4.69) is 35.4 Å². The van der Waals surface area contributed by atoms with Crippen molar-refractivity contribution < 1.29 is 0 Å². The summed E-state index contributed by atoms with van der Waals surface area (Å²) >= 11 is 5.74. The van der Waals surface area contributed by atoms with Crippen LogP contribution in [-0.4, -0.2) is 15.0 Å². The maximum absolute atomic E-state index is 12.9. The number of pyridine rings is 1. The summed E-state index contributed by atoms with van der Waals surface area (Å²) in [5.74, 6) is 0. The van der Waals surface area contributed by atoms with Crippen LogP contribution in [0.25, 0.3) is 10.9 Å². The molecule has 1 heterocycles. The van der Waals surface area contributed by atoms with E-state index in [0.717, 1.165) is 33.3 Å². The lowest BCUT2D eigenvalue weighted by atomic mass is 10.0. The maximum atomic E-state index is 12.9. The summed E-state index contributed by atoms with van der Waals surface area (Å²) in [5.41, 5.74) is 5.75. The number of anilines is 1. The van der Waals surface area contributed by atoms with E-state index < -0.39 is 0 Å². The Balaban J connectivity index is 1.68. The van der Waals surface area contributed by atoms with Gasteiger partial charge in [0.2, 0.25) is 0 Å². The van der Waals surface area contributed by atoms with Crippen molar-refractivity contribution in [3.63, 3.8) is 0 Å². The number of benzene rings is 3. The Morgan fingerprint density at radius 2 is 1.55 bits per heavy atom. The Bertz CT molecular complexity index is 1270. The average Bonchev–Trinajstić information content (AvgIpc) is 2.78. The minimum atomic E-state index is -0.0817. The number of aromatic amines is 1. The van der Waals surface area contributed by atoms with Crippen LogP contribution in [0.2, 0.25) is 0 Å².